The van der Waals surface area contributed by atoms with Gasteiger partial charge in [-0.15, -0.1) is 0 Å². The van der Waals surface area contributed by atoms with Gasteiger partial charge in [-0.05, 0) is 41.1 Å². The Morgan fingerprint density at radius 1 is 1.47 bits per heavy atom. The summed E-state index contributed by atoms with van der Waals surface area (Å²) in [6, 6.07) is 2.68. The molecule has 0 unspecified atom stereocenters. The van der Waals surface area contributed by atoms with Crippen LogP contribution in [0.3, 0.4) is 0 Å². The molecule has 1 rings (SSSR count). The van der Waals surface area contributed by atoms with Crippen LogP contribution < -0.4 is 10.6 Å². The van der Waals surface area contributed by atoms with E-state index in [9.17, 15) is 14.0 Å². The summed E-state index contributed by atoms with van der Waals surface area (Å²) in [6.45, 7) is 1.82. The summed E-state index contributed by atoms with van der Waals surface area (Å²) in [6.07, 6.45) is 0.970. The van der Waals surface area contributed by atoms with Crippen molar-refractivity contribution in [2.75, 3.05) is 5.32 Å². The van der Waals surface area contributed by atoms with Crippen LogP contribution in [0, 0.1) is 9.39 Å². The second-order valence-corrected chi connectivity index (χ2v) is 4.96. The van der Waals surface area contributed by atoms with Crippen LogP contribution in [-0.4, -0.2) is 23.1 Å². The molecule has 0 radical (unpaired) electrons. The van der Waals surface area contributed by atoms with Crippen LogP contribution in [0.1, 0.15) is 19.8 Å². The molecule has 0 aliphatic carbocycles. The molecule has 0 saturated carbocycles. The van der Waals surface area contributed by atoms with Crippen LogP contribution in [0.15, 0.2) is 18.2 Å². The van der Waals surface area contributed by atoms with Crippen molar-refractivity contribution in [1.29, 1.82) is 0 Å². The van der Waals surface area contributed by atoms with Crippen LogP contribution in [0.5, 0.6) is 0 Å². The van der Waals surface area contributed by atoms with Gasteiger partial charge >= 0.3 is 12.0 Å². The summed E-state index contributed by atoms with van der Waals surface area (Å²) < 4.78 is 13.5. The smallest absolute Gasteiger partial charge is 0.326 e. The lowest BCUT2D eigenvalue weighted by Gasteiger charge is -2.15. The predicted molar refractivity (Wildman–Crippen MR) is 77.6 cm³/mol. The third kappa shape index (κ3) is 4.66. The number of halogens is 2. The topological polar surface area (TPSA) is 78.4 Å². The van der Waals surface area contributed by atoms with Gasteiger partial charge in [0.1, 0.15) is 11.9 Å². The van der Waals surface area contributed by atoms with Crippen LogP contribution in [0.2, 0.25) is 0 Å². The van der Waals surface area contributed by atoms with Gasteiger partial charge in [0.15, 0.2) is 0 Å². The summed E-state index contributed by atoms with van der Waals surface area (Å²) in [5.74, 6) is -1.53. The van der Waals surface area contributed by atoms with E-state index in [-0.39, 0.29) is 3.57 Å². The van der Waals surface area contributed by atoms with E-state index >= 15 is 0 Å². The molecule has 0 heterocycles. The molecule has 19 heavy (non-hydrogen) atoms. The van der Waals surface area contributed by atoms with Crippen LogP contribution in [0.4, 0.5) is 14.9 Å². The number of carbonyl (C=O) groups excluding carboxylic acids is 1. The molecule has 1 aromatic rings. The number of carbonyl (C=O) groups is 2. The van der Waals surface area contributed by atoms with Gasteiger partial charge < -0.3 is 15.7 Å². The highest BCUT2D eigenvalue weighted by Gasteiger charge is 2.19. The van der Waals surface area contributed by atoms with Gasteiger partial charge in [0, 0.05) is 0 Å². The molecule has 0 aliphatic rings. The second kappa shape index (κ2) is 7.27. The van der Waals surface area contributed by atoms with Gasteiger partial charge in [-0.1, -0.05) is 19.4 Å². The van der Waals surface area contributed by atoms with E-state index in [0.29, 0.717) is 18.5 Å². The number of carboxylic acids is 1. The number of hydrogen-bond acceptors (Lipinski definition) is 2. The molecule has 3 N–H and O–H groups in total. The van der Waals surface area contributed by atoms with Crippen LogP contribution in [-0.2, 0) is 4.79 Å². The highest BCUT2D eigenvalue weighted by atomic mass is 127. The lowest BCUT2D eigenvalue weighted by atomic mass is 10.2. The molecule has 0 fully saturated rings. The molecule has 7 heteroatoms. The molecule has 5 nitrogen and oxygen atoms in total. The Balaban J connectivity index is 2.69. The first kappa shape index (κ1) is 15.7. The van der Waals surface area contributed by atoms with Gasteiger partial charge in [0.25, 0.3) is 0 Å². The molecule has 1 atom stereocenters. The molecule has 2 amide bonds. The minimum absolute atomic E-state index is 0.276. The van der Waals surface area contributed by atoms with Crippen molar-refractivity contribution in [2.24, 2.45) is 0 Å². The maximum atomic E-state index is 13.3. The third-order valence-corrected chi connectivity index (χ3v) is 3.48. The van der Waals surface area contributed by atoms with E-state index in [2.05, 4.69) is 10.6 Å². The highest BCUT2D eigenvalue weighted by Crippen LogP contribution is 2.20. The first-order chi connectivity index (χ1) is 8.95. The van der Waals surface area contributed by atoms with Crippen molar-refractivity contribution < 1.29 is 19.1 Å². The van der Waals surface area contributed by atoms with E-state index < -0.39 is 23.9 Å². The SMILES string of the molecule is CCC[C@@H](NC(=O)Nc1cccc(F)c1I)C(=O)O. The van der Waals surface area contributed by atoms with Gasteiger partial charge in [-0.3, -0.25) is 0 Å². The van der Waals surface area contributed by atoms with Gasteiger partial charge in [0.2, 0.25) is 0 Å². The maximum absolute atomic E-state index is 13.3. The number of aliphatic carboxylic acids is 1. The van der Waals surface area contributed by atoms with Gasteiger partial charge in [-0.2, -0.15) is 0 Å². The van der Waals surface area contributed by atoms with Crippen molar-refractivity contribution in [3.8, 4) is 0 Å². The van der Waals surface area contributed by atoms with E-state index in [1.807, 2.05) is 6.92 Å². The summed E-state index contributed by atoms with van der Waals surface area (Å²) in [7, 11) is 0. The van der Waals surface area contributed by atoms with E-state index in [4.69, 9.17) is 5.11 Å². The van der Waals surface area contributed by atoms with Crippen LogP contribution in [0.25, 0.3) is 0 Å². The number of hydrogen-bond donors (Lipinski definition) is 3. The molecule has 0 spiro atoms. The fourth-order valence-electron chi connectivity index (χ4n) is 1.46. The van der Waals surface area contributed by atoms with E-state index in [1.165, 1.54) is 12.1 Å². The van der Waals surface area contributed by atoms with Crippen molar-refractivity contribution in [1.82, 2.24) is 5.32 Å². The number of rotatable bonds is 5. The van der Waals surface area contributed by atoms with Crippen molar-refractivity contribution in [2.45, 2.75) is 25.8 Å². The average Bonchev–Trinajstić information content (AvgIpc) is 2.34. The number of carboxylic acid groups (broad SMARTS) is 1. The zero-order valence-corrected chi connectivity index (χ0v) is 12.4. The highest BCUT2D eigenvalue weighted by molar-refractivity contribution is 14.1. The lowest BCUT2D eigenvalue weighted by Crippen LogP contribution is -2.43. The Labute approximate surface area is 123 Å². The molecule has 0 saturated heterocycles. The quantitative estimate of drug-likeness (QED) is 0.688. The number of amides is 2. The molecular weight excluding hydrogens is 366 g/mol. The number of nitrogens with one attached hydrogen (secondary N) is 2. The Kier molecular flexibility index (Phi) is 6.00. The lowest BCUT2D eigenvalue weighted by molar-refractivity contribution is -0.139. The number of urea groups is 1. The normalized spacial score (nSPS) is 11.7. The zero-order valence-electron chi connectivity index (χ0n) is 10.2. The Bertz CT molecular complexity index is 482. The van der Waals surface area contributed by atoms with Crippen molar-refractivity contribution >= 4 is 40.3 Å². The Morgan fingerprint density at radius 2 is 2.16 bits per heavy atom. The molecule has 104 valence electrons. The summed E-state index contributed by atoms with van der Waals surface area (Å²) in [4.78, 5) is 22.5. The molecule has 0 aromatic heterocycles. The minimum atomic E-state index is -1.09. The summed E-state index contributed by atoms with van der Waals surface area (Å²) in [5.41, 5.74) is 0.304. The zero-order chi connectivity index (χ0) is 14.4. The average molecular weight is 380 g/mol. The van der Waals surface area contributed by atoms with Crippen molar-refractivity contribution in [3.05, 3.63) is 27.6 Å². The molecule has 1 aromatic carbocycles. The first-order valence-electron chi connectivity index (χ1n) is 5.70. The maximum Gasteiger partial charge on any atom is 0.326 e. The first-order valence-corrected chi connectivity index (χ1v) is 6.78. The molecule has 0 bridgehead atoms. The second-order valence-electron chi connectivity index (χ2n) is 3.88. The third-order valence-electron chi connectivity index (χ3n) is 2.38. The summed E-state index contributed by atoms with van der Waals surface area (Å²) in [5, 5.41) is 13.7. The number of benzene rings is 1. The van der Waals surface area contributed by atoms with E-state index in [0.717, 1.165) is 0 Å². The largest absolute Gasteiger partial charge is 0.480 e. The van der Waals surface area contributed by atoms with Crippen LogP contribution >= 0.6 is 22.6 Å². The molecule has 0 aliphatic heterocycles. The van der Waals surface area contributed by atoms with Gasteiger partial charge in [-0.25, -0.2) is 14.0 Å². The summed E-state index contributed by atoms with van der Waals surface area (Å²) >= 11 is 1.77. The van der Waals surface area contributed by atoms with E-state index in [1.54, 1.807) is 28.7 Å². The fourth-order valence-corrected chi connectivity index (χ4v) is 1.96. The van der Waals surface area contributed by atoms with Crippen molar-refractivity contribution in [3.63, 3.8) is 0 Å². The standard InChI is InChI=1S/C12H14FIN2O3/c1-2-4-9(11(17)18)16-12(19)15-8-6-3-5-7(13)10(8)14/h3,5-6,9H,2,4H2,1H3,(H,17,18)(H2,15,16,19)/t9-/m1/s1. The Hall–Kier alpha value is -1.38. The Morgan fingerprint density at radius 3 is 2.74 bits per heavy atom. The fraction of sp³-hybridized carbons (Fsp3) is 0.333. The monoisotopic (exact) mass is 380 g/mol. The predicted octanol–water partition coefficient (Wildman–Crippen LogP) is 2.81. The molecular formula is C12H14FIN2O3. The minimum Gasteiger partial charge on any atom is -0.480 e. The number of anilines is 1. The van der Waals surface area contributed by atoms with Gasteiger partial charge in [0.05, 0.1) is 9.26 Å².